The predicted octanol–water partition coefficient (Wildman–Crippen LogP) is 3.38. The van der Waals surface area contributed by atoms with Crippen molar-refractivity contribution in [3.8, 4) is 0 Å². The van der Waals surface area contributed by atoms with Gasteiger partial charge in [0.25, 0.3) is 0 Å². The van der Waals surface area contributed by atoms with E-state index < -0.39 is 0 Å². The van der Waals surface area contributed by atoms with Crippen LogP contribution in [0, 0.1) is 0 Å². The number of nitrogens with one attached hydrogen (secondary N) is 1. The Labute approximate surface area is 166 Å². The first-order valence-electron chi connectivity index (χ1n) is 9.23. The average molecular weight is 390 g/mol. The molecule has 0 aromatic carbocycles. The van der Waals surface area contributed by atoms with Crippen LogP contribution in [0.2, 0.25) is 0 Å². The maximum absolute atomic E-state index is 12.7. The van der Waals surface area contributed by atoms with Crippen molar-refractivity contribution in [1.29, 1.82) is 0 Å². The number of ketones is 1. The summed E-state index contributed by atoms with van der Waals surface area (Å²) < 4.78 is 1.80. The highest BCUT2D eigenvalue weighted by Gasteiger charge is 2.37. The molecule has 0 saturated heterocycles. The van der Waals surface area contributed by atoms with E-state index in [1.165, 1.54) is 11.8 Å². The number of carbonyl (C=O) groups excluding carboxylic acids is 1. The van der Waals surface area contributed by atoms with Crippen LogP contribution >= 0.6 is 11.8 Å². The summed E-state index contributed by atoms with van der Waals surface area (Å²) >= 11 is 1.53. The number of Topliss-reactive ketones (excluding diaryl/α,β-unsaturated/α-hetero) is 1. The van der Waals surface area contributed by atoms with Gasteiger partial charge in [-0.3, -0.25) is 14.8 Å². The smallest absolute Gasteiger partial charge is 0.227 e. The molecule has 1 atom stereocenters. The third kappa shape index (κ3) is 3.09. The molecule has 1 N–H and O–H groups in total. The molecular formula is C20H18N6OS. The molecule has 0 unspecified atom stereocenters. The molecule has 140 valence electrons. The zero-order valence-electron chi connectivity index (χ0n) is 15.1. The average Bonchev–Trinajstić information content (AvgIpc) is 3.15. The highest BCUT2D eigenvalue weighted by molar-refractivity contribution is 7.98. The number of hydrogen-bond donors (Lipinski definition) is 1. The number of anilines is 1. The third-order valence-electron chi connectivity index (χ3n) is 4.89. The first kappa shape index (κ1) is 17.1. The molecule has 8 heteroatoms. The summed E-state index contributed by atoms with van der Waals surface area (Å²) in [5.74, 6) is 1.51. The van der Waals surface area contributed by atoms with E-state index in [2.05, 4.69) is 20.3 Å². The van der Waals surface area contributed by atoms with Crippen molar-refractivity contribution >= 4 is 23.5 Å². The van der Waals surface area contributed by atoms with Crippen molar-refractivity contribution in [2.24, 2.45) is 0 Å². The normalized spacial score (nSPS) is 18.4. The summed E-state index contributed by atoms with van der Waals surface area (Å²) in [6.45, 7) is 0. The molecule has 0 spiro atoms. The Kier molecular flexibility index (Phi) is 4.40. The van der Waals surface area contributed by atoms with Crippen molar-refractivity contribution in [1.82, 2.24) is 24.7 Å². The molecule has 1 aliphatic heterocycles. The van der Waals surface area contributed by atoms with Crippen LogP contribution in [0.4, 0.5) is 5.95 Å². The van der Waals surface area contributed by atoms with Crippen molar-refractivity contribution in [3.63, 3.8) is 0 Å². The van der Waals surface area contributed by atoms with Crippen LogP contribution in [-0.2, 0) is 10.5 Å². The largest absolute Gasteiger partial charge is 0.328 e. The second-order valence-electron chi connectivity index (χ2n) is 6.72. The highest BCUT2D eigenvalue weighted by Crippen LogP contribution is 2.39. The number of pyridine rings is 2. The quantitative estimate of drug-likeness (QED) is 0.684. The van der Waals surface area contributed by atoms with E-state index in [9.17, 15) is 4.79 Å². The molecular weight excluding hydrogens is 372 g/mol. The first-order valence-corrected chi connectivity index (χ1v) is 10.2. The fourth-order valence-corrected chi connectivity index (χ4v) is 4.38. The minimum absolute atomic E-state index is 0.160. The summed E-state index contributed by atoms with van der Waals surface area (Å²) in [6, 6.07) is 11.3. The summed E-state index contributed by atoms with van der Waals surface area (Å²) in [7, 11) is 0. The lowest BCUT2D eigenvalue weighted by atomic mass is 9.87. The maximum Gasteiger partial charge on any atom is 0.227 e. The second kappa shape index (κ2) is 7.20. The Hall–Kier alpha value is -3.00. The van der Waals surface area contributed by atoms with Gasteiger partial charge in [0, 0.05) is 35.8 Å². The number of rotatable bonds is 4. The third-order valence-corrected chi connectivity index (χ3v) is 5.76. The van der Waals surface area contributed by atoms with E-state index in [4.69, 9.17) is 5.10 Å². The standard InChI is InChI=1S/C20H18N6OS/c27-16-9-5-8-14-17(16)18(15-7-2-4-11-22-15)26-19(23-14)24-20(25-26)28-12-13-6-1-3-10-21-13/h1-4,6-7,10-11,18H,5,8-9,12H2,(H,23,24,25)/t18-/m0/s1. The molecule has 0 bridgehead atoms. The molecule has 0 amide bonds. The molecule has 7 nitrogen and oxygen atoms in total. The summed E-state index contributed by atoms with van der Waals surface area (Å²) in [5, 5.41) is 8.69. The summed E-state index contributed by atoms with van der Waals surface area (Å²) in [6.07, 6.45) is 5.79. The zero-order chi connectivity index (χ0) is 18.9. The van der Waals surface area contributed by atoms with Gasteiger partial charge in [0.2, 0.25) is 11.1 Å². The number of nitrogens with zero attached hydrogens (tertiary/aromatic N) is 5. The van der Waals surface area contributed by atoms with E-state index in [0.29, 0.717) is 23.3 Å². The molecule has 3 aromatic heterocycles. The van der Waals surface area contributed by atoms with Crippen LogP contribution in [0.5, 0.6) is 0 Å². The van der Waals surface area contributed by atoms with Crippen LogP contribution in [0.3, 0.4) is 0 Å². The van der Waals surface area contributed by atoms with Gasteiger partial charge in [-0.05, 0) is 37.1 Å². The van der Waals surface area contributed by atoms with Gasteiger partial charge in [0.1, 0.15) is 6.04 Å². The van der Waals surface area contributed by atoms with Gasteiger partial charge in [-0.15, -0.1) is 5.10 Å². The fraction of sp³-hybridized carbons (Fsp3) is 0.250. The molecule has 0 saturated carbocycles. The molecule has 3 aromatic rings. The van der Waals surface area contributed by atoms with Crippen LogP contribution in [0.25, 0.3) is 0 Å². The minimum Gasteiger partial charge on any atom is -0.328 e. The van der Waals surface area contributed by atoms with Gasteiger partial charge in [0.05, 0.1) is 11.4 Å². The maximum atomic E-state index is 12.7. The van der Waals surface area contributed by atoms with Crippen LogP contribution in [0.15, 0.2) is 65.2 Å². The van der Waals surface area contributed by atoms with E-state index in [1.54, 1.807) is 17.1 Å². The first-order chi connectivity index (χ1) is 13.8. The number of allylic oxidation sites excluding steroid dienone is 2. The topological polar surface area (TPSA) is 85.6 Å². The molecule has 2 aliphatic rings. The molecule has 28 heavy (non-hydrogen) atoms. The predicted molar refractivity (Wildman–Crippen MR) is 106 cm³/mol. The monoisotopic (exact) mass is 390 g/mol. The van der Waals surface area contributed by atoms with Crippen LogP contribution in [0.1, 0.15) is 36.7 Å². The van der Waals surface area contributed by atoms with E-state index in [1.807, 2.05) is 36.4 Å². The van der Waals surface area contributed by atoms with Gasteiger partial charge < -0.3 is 5.32 Å². The Morgan fingerprint density at radius 3 is 2.75 bits per heavy atom. The SMILES string of the molecule is O=C1CCCC2=C1[C@H](c1ccccn1)n1nc(SCc3ccccn3)nc1N2. The summed E-state index contributed by atoms with van der Waals surface area (Å²) in [5.41, 5.74) is 3.50. The zero-order valence-corrected chi connectivity index (χ0v) is 15.9. The lowest BCUT2D eigenvalue weighted by Gasteiger charge is -2.31. The van der Waals surface area contributed by atoms with Crippen molar-refractivity contribution in [2.75, 3.05) is 5.32 Å². The van der Waals surface area contributed by atoms with E-state index >= 15 is 0 Å². The van der Waals surface area contributed by atoms with E-state index in [-0.39, 0.29) is 11.8 Å². The lowest BCUT2D eigenvalue weighted by Crippen LogP contribution is -2.32. The number of aromatic nitrogens is 5. The Morgan fingerprint density at radius 1 is 1.11 bits per heavy atom. The lowest BCUT2D eigenvalue weighted by molar-refractivity contribution is -0.116. The number of carbonyl (C=O) groups is 1. The van der Waals surface area contributed by atoms with Gasteiger partial charge in [-0.1, -0.05) is 23.9 Å². The molecule has 0 fully saturated rings. The van der Waals surface area contributed by atoms with Gasteiger partial charge in [-0.2, -0.15) is 4.98 Å². The molecule has 1 aliphatic carbocycles. The van der Waals surface area contributed by atoms with Crippen molar-refractivity contribution < 1.29 is 4.79 Å². The van der Waals surface area contributed by atoms with Gasteiger partial charge >= 0.3 is 0 Å². The fourth-order valence-electron chi connectivity index (χ4n) is 3.63. The molecule has 0 radical (unpaired) electrons. The Morgan fingerprint density at radius 2 is 1.96 bits per heavy atom. The van der Waals surface area contributed by atoms with Gasteiger partial charge in [-0.25, -0.2) is 4.68 Å². The van der Waals surface area contributed by atoms with Gasteiger partial charge in [0.15, 0.2) is 5.78 Å². The van der Waals surface area contributed by atoms with Crippen LogP contribution < -0.4 is 5.32 Å². The highest BCUT2D eigenvalue weighted by atomic mass is 32.2. The van der Waals surface area contributed by atoms with Crippen molar-refractivity contribution in [2.45, 2.75) is 36.2 Å². The van der Waals surface area contributed by atoms with Crippen LogP contribution in [-0.4, -0.2) is 30.5 Å². The Bertz CT molecular complexity index is 1050. The number of fused-ring (bicyclic) bond motifs is 1. The Balaban J connectivity index is 1.51. The minimum atomic E-state index is -0.336. The molecule has 4 heterocycles. The summed E-state index contributed by atoms with van der Waals surface area (Å²) in [4.78, 5) is 26.3. The second-order valence-corrected chi connectivity index (χ2v) is 7.67. The van der Waals surface area contributed by atoms with Crippen molar-refractivity contribution in [3.05, 3.63) is 71.4 Å². The number of hydrogen-bond acceptors (Lipinski definition) is 7. The van der Waals surface area contributed by atoms with E-state index in [0.717, 1.165) is 35.5 Å². The number of thioether (sulfide) groups is 1. The molecule has 5 rings (SSSR count).